The van der Waals surface area contributed by atoms with Crippen LogP contribution in [0.15, 0.2) is 88.6 Å². The van der Waals surface area contributed by atoms with Gasteiger partial charge in [-0.1, -0.05) is 63.4 Å². The monoisotopic (exact) mass is 536 g/mol. The predicted molar refractivity (Wildman–Crippen MR) is 165 cm³/mol. The highest BCUT2D eigenvalue weighted by atomic mass is 32.2. The summed E-state index contributed by atoms with van der Waals surface area (Å²) in [7, 11) is 3.97. The van der Waals surface area contributed by atoms with Crippen LogP contribution in [0.25, 0.3) is 0 Å². The first kappa shape index (κ1) is 31.3. The number of rotatable bonds is 14. The van der Waals surface area contributed by atoms with Crippen LogP contribution in [-0.4, -0.2) is 63.1 Å². The largest absolute Gasteiger partial charge is 0.375 e. The van der Waals surface area contributed by atoms with Gasteiger partial charge in [-0.3, -0.25) is 4.79 Å². The first-order valence-corrected chi connectivity index (χ1v) is 14.4. The van der Waals surface area contributed by atoms with Gasteiger partial charge in [0.2, 0.25) is 0 Å². The van der Waals surface area contributed by atoms with Gasteiger partial charge in [0.25, 0.3) is 5.91 Å². The van der Waals surface area contributed by atoms with Crippen molar-refractivity contribution in [1.82, 2.24) is 10.2 Å². The Kier molecular flexibility index (Phi) is 13.3. The lowest BCUT2D eigenvalue weighted by Crippen LogP contribution is -2.34. The van der Waals surface area contributed by atoms with Crippen molar-refractivity contribution in [3.8, 4) is 0 Å². The number of ether oxygens (including phenoxy) is 1. The number of carbonyl (C=O) groups is 1. The number of hydrogen-bond donors (Lipinski definition) is 1. The van der Waals surface area contributed by atoms with E-state index >= 15 is 0 Å². The van der Waals surface area contributed by atoms with E-state index < -0.39 is 0 Å². The Hall–Kier alpha value is -2.87. The number of likely N-dealkylation sites (N-methyl/N-ethyl adjacent to an activating group) is 2. The van der Waals surface area contributed by atoms with Gasteiger partial charge in [0.1, 0.15) is 0 Å². The number of nitrogens with one attached hydrogen (secondary N) is 1. The average Bonchev–Trinajstić information content (AvgIpc) is 3.04. The number of amides is 1. The van der Waals surface area contributed by atoms with Gasteiger partial charge < -0.3 is 19.9 Å². The molecule has 1 heterocycles. The van der Waals surface area contributed by atoms with E-state index in [1.54, 1.807) is 12.3 Å². The zero-order chi connectivity index (χ0) is 28.1. The summed E-state index contributed by atoms with van der Waals surface area (Å²) in [6.45, 7) is 16.6. The molecule has 7 heteroatoms. The Morgan fingerprint density at radius 3 is 2.58 bits per heavy atom. The van der Waals surface area contributed by atoms with E-state index in [4.69, 9.17) is 4.74 Å². The fourth-order valence-electron chi connectivity index (χ4n) is 4.35. The molecule has 206 valence electrons. The summed E-state index contributed by atoms with van der Waals surface area (Å²) in [6.07, 6.45) is 12.3. The molecule has 0 aromatic heterocycles. The lowest BCUT2D eigenvalue weighted by molar-refractivity contribution is -0.114. The quantitative estimate of drug-likeness (QED) is 0.235. The molecule has 1 aliphatic heterocycles. The Labute approximate surface area is 233 Å². The van der Waals surface area contributed by atoms with Crippen molar-refractivity contribution >= 4 is 29.6 Å². The second-order valence-electron chi connectivity index (χ2n) is 9.27. The molecule has 2 atom stereocenters. The summed E-state index contributed by atoms with van der Waals surface area (Å²) >= 11 is 1.47. The van der Waals surface area contributed by atoms with Crippen LogP contribution < -0.4 is 10.2 Å². The molecule has 1 amide bonds. The first-order valence-electron chi connectivity index (χ1n) is 13.2. The molecular weight excluding hydrogens is 492 g/mol. The van der Waals surface area contributed by atoms with E-state index in [0.717, 1.165) is 35.5 Å². The molecule has 0 fully saturated rings. The zero-order valence-electron chi connectivity index (χ0n) is 23.9. The third-order valence-corrected chi connectivity index (χ3v) is 7.18. The Balaban J connectivity index is 2.30. The standard InChI is InChI=1S/C31H44N4O2S/c1-9-12-26(13-10-2)29(21-32-6)37-22-25-14-16-27(17-15-25)35-19-18-34(7)30(23(4)11-3)28(31(35)36)20-33-24(5)38-8/h9-10,12-17,20,23,29,32H,1,5,11,18-19,21-22H2,2-4,6-8H3/b13-10-,26-12+,33-20-. The third-order valence-electron chi connectivity index (χ3n) is 6.60. The van der Waals surface area contributed by atoms with Crippen molar-refractivity contribution < 1.29 is 9.53 Å². The predicted octanol–water partition coefficient (Wildman–Crippen LogP) is 5.96. The maximum absolute atomic E-state index is 13.9. The van der Waals surface area contributed by atoms with Gasteiger partial charge >= 0.3 is 0 Å². The average molecular weight is 537 g/mol. The van der Waals surface area contributed by atoms with Crippen molar-refractivity contribution in [3.63, 3.8) is 0 Å². The second kappa shape index (κ2) is 16.2. The highest BCUT2D eigenvalue weighted by molar-refractivity contribution is 8.02. The molecule has 2 rings (SSSR count). The third kappa shape index (κ3) is 8.58. The molecule has 0 aliphatic carbocycles. The van der Waals surface area contributed by atoms with E-state index in [-0.39, 0.29) is 17.9 Å². The number of aliphatic imine (C=N–C) groups is 1. The summed E-state index contributed by atoms with van der Waals surface area (Å²) in [5, 5.41) is 3.88. The second-order valence-corrected chi connectivity index (χ2v) is 10.1. The topological polar surface area (TPSA) is 57.2 Å². The number of anilines is 1. The van der Waals surface area contributed by atoms with Gasteiger partial charge in [-0.25, -0.2) is 4.99 Å². The summed E-state index contributed by atoms with van der Waals surface area (Å²) in [4.78, 5) is 22.4. The number of hydrogen-bond acceptors (Lipinski definition) is 6. The van der Waals surface area contributed by atoms with E-state index in [1.165, 1.54) is 11.8 Å². The molecule has 1 N–H and O–H groups in total. The van der Waals surface area contributed by atoms with Crippen LogP contribution in [0.3, 0.4) is 0 Å². The molecule has 0 bridgehead atoms. The molecule has 6 nitrogen and oxygen atoms in total. The molecule has 38 heavy (non-hydrogen) atoms. The van der Waals surface area contributed by atoms with Crippen LogP contribution in [-0.2, 0) is 16.1 Å². The number of thioether (sulfide) groups is 1. The molecule has 2 unspecified atom stereocenters. The SMILES string of the molecule is C=C/C=C(\C=C/C)C(CNC)OCc1ccc(N2CCN(C)C(C(C)CC)=C(/C=N\C(=C)SC)C2=O)cc1. The first-order chi connectivity index (χ1) is 18.3. The summed E-state index contributed by atoms with van der Waals surface area (Å²) < 4.78 is 6.26. The van der Waals surface area contributed by atoms with Gasteiger partial charge in [-0.15, -0.1) is 11.8 Å². The minimum atomic E-state index is -0.0985. The Bertz CT molecular complexity index is 1070. The normalized spacial score (nSPS) is 16.9. The van der Waals surface area contributed by atoms with Crippen LogP contribution >= 0.6 is 11.8 Å². The van der Waals surface area contributed by atoms with Crippen LogP contribution in [0.4, 0.5) is 5.69 Å². The van der Waals surface area contributed by atoms with Crippen LogP contribution in [0.1, 0.15) is 32.8 Å². The van der Waals surface area contributed by atoms with Crippen molar-refractivity contribution in [2.75, 3.05) is 44.9 Å². The minimum Gasteiger partial charge on any atom is -0.375 e. The summed E-state index contributed by atoms with van der Waals surface area (Å²) in [5.74, 6) is 0.200. The molecule has 1 aromatic rings. The number of carbonyl (C=O) groups excluding carboxylic acids is 1. The highest BCUT2D eigenvalue weighted by Crippen LogP contribution is 2.28. The fraction of sp³-hybridized carbons (Fsp3) is 0.419. The number of benzene rings is 1. The van der Waals surface area contributed by atoms with Gasteiger partial charge in [0.15, 0.2) is 0 Å². The summed E-state index contributed by atoms with van der Waals surface area (Å²) in [5.41, 5.74) is 4.63. The molecule has 1 aromatic carbocycles. The van der Waals surface area contributed by atoms with E-state index in [9.17, 15) is 4.79 Å². The van der Waals surface area contributed by atoms with Crippen molar-refractivity contribution in [2.24, 2.45) is 10.9 Å². The number of nitrogens with zero attached hydrogens (tertiary/aromatic N) is 3. The molecular formula is C31H44N4O2S. The summed E-state index contributed by atoms with van der Waals surface area (Å²) in [6, 6.07) is 8.06. The van der Waals surface area contributed by atoms with E-state index in [2.05, 4.69) is 49.3 Å². The van der Waals surface area contributed by atoms with Crippen LogP contribution in [0.5, 0.6) is 0 Å². The Morgan fingerprint density at radius 1 is 1.29 bits per heavy atom. The molecule has 0 radical (unpaired) electrons. The lowest BCUT2D eigenvalue weighted by atomic mass is 9.98. The lowest BCUT2D eigenvalue weighted by Gasteiger charge is -2.26. The van der Waals surface area contributed by atoms with Gasteiger partial charge in [0, 0.05) is 44.3 Å². The van der Waals surface area contributed by atoms with Gasteiger partial charge in [-0.2, -0.15) is 0 Å². The maximum atomic E-state index is 13.9. The van der Waals surface area contributed by atoms with Crippen molar-refractivity contribution in [3.05, 3.63) is 89.2 Å². The molecule has 0 spiro atoms. The zero-order valence-corrected chi connectivity index (χ0v) is 24.7. The van der Waals surface area contributed by atoms with Crippen molar-refractivity contribution in [1.29, 1.82) is 0 Å². The van der Waals surface area contributed by atoms with E-state index in [0.29, 0.717) is 30.3 Å². The minimum absolute atomic E-state index is 0.0362. The van der Waals surface area contributed by atoms with Crippen LogP contribution in [0, 0.1) is 5.92 Å². The van der Waals surface area contributed by atoms with Crippen LogP contribution in [0.2, 0.25) is 0 Å². The highest BCUT2D eigenvalue weighted by Gasteiger charge is 2.29. The van der Waals surface area contributed by atoms with E-state index in [1.807, 2.05) is 67.6 Å². The fourth-order valence-corrected chi connectivity index (χ4v) is 4.51. The Morgan fingerprint density at radius 2 is 2.00 bits per heavy atom. The molecule has 0 saturated heterocycles. The van der Waals surface area contributed by atoms with Gasteiger partial charge in [0.05, 0.1) is 23.3 Å². The number of allylic oxidation sites excluding steroid dienone is 4. The smallest absolute Gasteiger partial charge is 0.261 e. The van der Waals surface area contributed by atoms with Gasteiger partial charge in [-0.05, 0) is 55.8 Å². The maximum Gasteiger partial charge on any atom is 0.261 e. The molecule has 1 aliphatic rings. The van der Waals surface area contributed by atoms with Crippen molar-refractivity contribution in [2.45, 2.75) is 39.9 Å². The molecule has 0 saturated carbocycles.